The number of ether oxygens (including phenoxy) is 1. The van der Waals surface area contributed by atoms with Crippen LogP contribution in [0.15, 0.2) is 0 Å². The molecule has 2 radical (unpaired) electrons. The Hall–Kier alpha value is -0.388. The predicted molar refractivity (Wildman–Crippen MR) is 58.1 cm³/mol. The van der Waals surface area contributed by atoms with Gasteiger partial charge in [0.15, 0.2) is 5.69 Å². The molecule has 0 aromatic carbocycles. The molecule has 7 heteroatoms. The highest BCUT2D eigenvalue weighted by Crippen LogP contribution is 2.19. The minimum absolute atomic E-state index is 0.00307. The maximum atomic E-state index is 13.2. The molecule has 0 aliphatic rings. The number of nitrogen functional groups attached to an aromatic ring is 1. The largest absolute Gasteiger partial charge is 0.464 e. The van der Waals surface area contributed by atoms with Crippen molar-refractivity contribution in [3.05, 3.63) is 15.1 Å². The third kappa shape index (κ3) is 1.99. The van der Waals surface area contributed by atoms with Gasteiger partial charge in [-0.3, -0.25) is 4.98 Å². The number of hydrogen-bond donors (Lipinski definition) is 1. The smallest absolute Gasteiger partial charge is 0.357 e. The van der Waals surface area contributed by atoms with Gasteiger partial charge in [0.05, 0.1) is 16.4 Å². The van der Waals surface area contributed by atoms with Crippen LogP contribution < -0.4 is 10.3 Å². The van der Waals surface area contributed by atoms with E-state index in [1.54, 1.807) is 22.6 Å². The van der Waals surface area contributed by atoms with E-state index in [1.807, 2.05) is 0 Å². The lowest BCUT2D eigenvalue weighted by molar-refractivity contribution is 0.0593. The van der Waals surface area contributed by atoms with Gasteiger partial charge in [-0.25, -0.2) is 9.18 Å². The summed E-state index contributed by atoms with van der Waals surface area (Å²) in [6.45, 7) is 0. The first-order chi connectivity index (χ1) is 6.49. The first-order valence-corrected chi connectivity index (χ1v) is 5.13. The van der Waals surface area contributed by atoms with Crippen LogP contribution in [0.1, 0.15) is 10.5 Å². The van der Waals surface area contributed by atoms with Crippen molar-refractivity contribution in [3.8, 4) is 0 Å². The Kier molecular flexibility index (Phi) is 3.69. The molecule has 0 fully saturated rings. The molecule has 14 heavy (non-hydrogen) atoms. The van der Waals surface area contributed by atoms with E-state index in [9.17, 15) is 9.18 Å². The van der Waals surface area contributed by atoms with Crippen LogP contribution in [0.3, 0.4) is 0 Å². The van der Waals surface area contributed by atoms with Crippen molar-refractivity contribution in [3.63, 3.8) is 0 Å². The molecule has 0 spiro atoms. The molecular weight excluding hydrogens is 317 g/mol. The van der Waals surface area contributed by atoms with Crippen molar-refractivity contribution in [2.24, 2.45) is 0 Å². The van der Waals surface area contributed by atoms with Gasteiger partial charge >= 0.3 is 5.97 Å². The number of hydrogen-bond acceptors (Lipinski definition) is 4. The molecule has 2 N–H and O–H groups in total. The molecule has 1 rings (SSSR count). The summed E-state index contributed by atoms with van der Waals surface area (Å²) in [5, 5.41) is 0. The second-order valence-electron chi connectivity index (χ2n) is 2.38. The SMILES string of the molecule is COC(=O)c1n[c]([Al])c(F)c(N)c1I. The van der Waals surface area contributed by atoms with Gasteiger partial charge < -0.3 is 10.5 Å². The average Bonchev–Trinajstić information content (AvgIpc) is 2.19. The number of halogens is 2. The zero-order chi connectivity index (χ0) is 10.9. The average molecular weight is 322 g/mol. The van der Waals surface area contributed by atoms with Crippen LogP contribution in [0.5, 0.6) is 0 Å². The minimum atomic E-state index is -0.634. The number of anilines is 1. The first kappa shape index (κ1) is 11.7. The quantitative estimate of drug-likeness (QED) is 0.449. The second-order valence-corrected chi connectivity index (χ2v) is 4.00. The monoisotopic (exact) mass is 322 g/mol. The summed E-state index contributed by atoms with van der Waals surface area (Å²) >= 11 is 3.81. The van der Waals surface area contributed by atoms with E-state index in [1.165, 1.54) is 7.11 Å². The number of esters is 1. The van der Waals surface area contributed by atoms with Crippen LogP contribution in [0.4, 0.5) is 10.1 Å². The molecule has 1 aromatic rings. The Morgan fingerprint density at radius 2 is 2.29 bits per heavy atom. The first-order valence-electron chi connectivity index (χ1n) is 3.47. The number of rotatable bonds is 1. The molecule has 0 bridgehead atoms. The van der Waals surface area contributed by atoms with Gasteiger partial charge in [-0.2, -0.15) is 0 Å². The summed E-state index contributed by atoms with van der Waals surface area (Å²) in [4.78, 5) is 14.9. The van der Waals surface area contributed by atoms with Crippen molar-refractivity contribution in [1.29, 1.82) is 0 Å². The molecule has 0 atom stereocenters. The number of nitrogens with two attached hydrogens (primary N) is 1. The van der Waals surface area contributed by atoms with Crippen molar-refractivity contribution in [2.45, 2.75) is 0 Å². The maximum Gasteiger partial charge on any atom is 0.357 e. The molecule has 0 aliphatic heterocycles. The van der Waals surface area contributed by atoms with E-state index in [-0.39, 0.29) is 19.5 Å². The van der Waals surface area contributed by atoms with Gasteiger partial charge in [0.2, 0.25) is 16.3 Å². The van der Waals surface area contributed by atoms with Gasteiger partial charge in [-0.1, -0.05) is 0 Å². The highest BCUT2D eigenvalue weighted by molar-refractivity contribution is 14.1. The van der Waals surface area contributed by atoms with Crippen LogP contribution in [-0.4, -0.2) is 34.4 Å². The topological polar surface area (TPSA) is 65.2 Å². The van der Waals surface area contributed by atoms with E-state index in [0.717, 1.165) is 0 Å². The third-order valence-electron chi connectivity index (χ3n) is 1.52. The summed E-state index contributed by atoms with van der Waals surface area (Å²) in [6.07, 6.45) is 0. The Labute approximate surface area is 102 Å². The van der Waals surface area contributed by atoms with Crippen LogP contribution in [-0.2, 0) is 4.74 Å². The van der Waals surface area contributed by atoms with E-state index in [4.69, 9.17) is 5.73 Å². The van der Waals surface area contributed by atoms with E-state index < -0.39 is 11.8 Å². The van der Waals surface area contributed by atoms with Crippen LogP contribution in [0, 0.1) is 9.39 Å². The molecule has 1 heterocycles. The van der Waals surface area contributed by atoms with Crippen LogP contribution in [0.25, 0.3) is 0 Å². The van der Waals surface area contributed by atoms with Crippen molar-refractivity contribution < 1.29 is 13.9 Å². The fourth-order valence-electron chi connectivity index (χ4n) is 0.812. The third-order valence-corrected chi connectivity index (χ3v) is 2.99. The number of carbonyl (C=O) groups excluding carboxylic acids is 1. The zero-order valence-electron chi connectivity index (χ0n) is 7.17. The Morgan fingerprint density at radius 3 is 2.79 bits per heavy atom. The number of nitrogens with zero attached hydrogens (tertiary/aromatic N) is 1. The van der Waals surface area contributed by atoms with Gasteiger partial charge in [0.25, 0.3) is 0 Å². The van der Waals surface area contributed by atoms with Crippen molar-refractivity contribution >= 4 is 55.1 Å². The second kappa shape index (κ2) is 4.42. The molecule has 0 amide bonds. The highest BCUT2D eigenvalue weighted by atomic mass is 127. The van der Waals surface area contributed by atoms with Crippen molar-refractivity contribution in [1.82, 2.24) is 4.98 Å². The van der Waals surface area contributed by atoms with E-state index in [2.05, 4.69) is 26.0 Å². The lowest BCUT2D eigenvalue weighted by Gasteiger charge is -2.08. The Bertz CT molecular complexity index is 400. The molecule has 4 nitrogen and oxygen atoms in total. The van der Waals surface area contributed by atoms with E-state index >= 15 is 0 Å². The highest BCUT2D eigenvalue weighted by Gasteiger charge is 2.18. The normalized spacial score (nSPS) is 9.93. The minimum Gasteiger partial charge on any atom is -0.464 e. The van der Waals surface area contributed by atoms with E-state index in [0.29, 0.717) is 0 Å². The summed E-state index contributed by atoms with van der Waals surface area (Å²) in [5.41, 5.74) is 5.37. The molecular formula is C7H5AlFIN2O2. The lowest BCUT2D eigenvalue weighted by atomic mass is 10.3. The fraction of sp³-hybridized carbons (Fsp3) is 0.143. The molecule has 1 aromatic heterocycles. The predicted octanol–water partition coefficient (Wildman–Crippen LogP) is -0.0121. The van der Waals surface area contributed by atoms with Crippen LogP contribution in [0.2, 0.25) is 0 Å². The van der Waals surface area contributed by atoms with Crippen LogP contribution >= 0.6 is 22.6 Å². The summed E-state index contributed by atoms with van der Waals surface area (Å²) in [6, 6.07) is 0. The molecule has 0 saturated carbocycles. The Morgan fingerprint density at radius 1 is 1.71 bits per heavy atom. The van der Waals surface area contributed by atoms with Gasteiger partial charge in [0, 0.05) is 0 Å². The van der Waals surface area contributed by atoms with Gasteiger partial charge in [0.1, 0.15) is 5.82 Å². The molecule has 0 saturated heterocycles. The summed E-state index contributed by atoms with van der Waals surface area (Å²) < 4.78 is 17.9. The summed E-state index contributed by atoms with van der Waals surface area (Å²) in [7, 11) is 1.22. The Balaban J connectivity index is 3.40. The number of carbonyl (C=O) groups is 1. The number of methoxy groups -OCH3 is 1. The maximum absolute atomic E-state index is 13.2. The number of aromatic nitrogens is 1. The van der Waals surface area contributed by atoms with Crippen molar-refractivity contribution in [2.75, 3.05) is 12.8 Å². The molecule has 0 unspecified atom stereocenters. The van der Waals surface area contributed by atoms with Gasteiger partial charge in [-0.05, 0) is 27.1 Å². The number of pyridine rings is 1. The van der Waals surface area contributed by atoms with Gasteiger partial charge in [-0.15, -0.1) is 0 Å². The standard InChI is InChI=1S/C7H5FIN2O2.Al/c1-13-7(12)6-4(9)5(10)3(8)2-11-6;/h1H3,(H2,10,11);. The lowest BCUT2D eigenvalue weighted by Crippen LogP contribution is -2.23. The fourth-order valence-corrected chi connectivity index (χ4v) is 1.67. The molecule has 72 valence electrons. The molecule has 0 aliphatic carbocycles. The summed E-state index contributed by atoms with van der Waals surface area (Å²) in [5.74, 6) is -1.27. The zero-order valence-corrected chi connectivity index (χ0v) is 10.5.